The predicted octanol–water partition coefficient (Wildman–Crippen LogP) is 2.65. The second-order valence-corrected chi connectivity index (χ2v) is 4.90. The first-order valence-corrected chi connectivity index (χ1v) is 6.76. The zero-order valence-electron chi connectivity index (χ0n) is 10.7. The number of amides is 3. The standard InChI is InChI=1S/C13H17BrN3O2/c1-3-4-11(12(18)15-2)17-13(19)16-10-7-5-9(14)6-8-10/h5-8,11H,2-4H2,1H3,(H,15,18)(H2,16,17,19). The van der Waals surface area contributed by atoms with Gasteiger partial charge < -0.3 is 16.0 Å². The van der Waals surface area contributed by atoms with E-state index in [1.165, 1.54) is 0 Å². The van der Waals surface area contributed by atoms with Crippen LogP contribution in [0.2, 0.25) is 0 Å². The third-order valence-corrected chi connectivity index (χ3v) is 3.00. The van der Waals surface area contributed by atoms with E-state index < -0.39 is 12.1 Å². The van der Waals surface area contributed by atoms with Crippen LogP contribution >= 0.6 is 15.9 Å². The van der Waals surface area contributed by atoms with Crippen LogP contribution in [0.1, 0.15) is 19.8 Å². The van der Waals surface area contributed by atoms with Crippen molar-refractivity contribution in [3.63, 3.8) is 0 Å². The maximum absolute atomic E-state index is 11.8. The molecule has 1 atom stereocenters. The fourth-order valence-electron chi connectivity index (χ4n) is 1.54. The molecule has 0 bridgehead atoms. The summed E-state index contributed by atoms with van der Waals surface area (Å²) in [5.41, 5.74) is 0.658. The van der Waals surface area contributed by atoms with Crippen LogP contribution in [0.3, 0.4) is 0 Å². The molecule has 0 fully saturated rings. The van der Waals surface area contributed by atoms with Gasteiger partial charge in [0.05, 0.1) is 0 Å². The molecule has 0 aliphatic rings. The lowest BCUT2D eigenvalue weighted by atomic mass is 10.1. The third-order valence-electron chi connectivity index (χ3n) is 2.48. The summed E-state index contributed by atoms with van der Waals surface area (Å²) in [4.78, 5) is 23.3. The monoisotopic (exact) mass is 326 g/mol. The quantitative estimate of drug-likeness (QED) is 0.778. The van der Waals surface area contributed by atoms with E-state index in [-0.39, 0.29) is 5.91 Å². The van der Waals surface area contributed by atoms with Crippen LogP contribution < -0.4 is 16.0 Å². The van der Waals surface area contributed by atoms with Crippen molar-refractivity contribution in [1.29, 1.82) is 0 Å². The molecule has 103 valence electrons. The topological polar surface area (TPSA) is 70.2 Å². The minimum absolute atomic E-state index is 0.298. The van der Waals surface area contributed by atoms with Crippen LogP contribution in [0, 0.1) is 7.05 Å². The van der Waals surface area contributed by atoms with Crippen molar-refractivity contribution < 1.29 is 9.59 Å². The highest BCUT2D eigenvalue weighted by Crippen LogP contribution is 2.13. The zero-order chi connectivity index (χ0) is 14.3. The molecule has 0 spiro atoms. The van der Waals surface area contributed by atoms with E-state index >= 15 is 0 Å². The van der Waals surface area contributed by atoms with Crippen molar-refractivity contribution >= 4 is 33.6 Å². The van der Waals surface area contributed by atoms with Gasteiger partial charge in [-0.05, 0) is 30.7 Å². The number of carbonyl (C=O) groups excluding carboxylic acids is 2. The van der Waals surface area contributed by atoms with Crippen LogP contribution in [0.25, 0.3) is 0 Å². The molecular formula is C13H17BrN3O2. The molecule has 1 rings (SSSR count). The number of hydrogen-bond acceptors (Lipinski definition) is 2. The van der Waals surface area contributed by atoms with Crippen LogP contribution in [-0.2, 0) is 4.79 Å². The highest BCUT2D eigenvalue weighted by molar-refractivity contribution is 9.10. The minimum Gasteiger partial charge on any atom is -0.353 e. The Kier molecular flexibility index (Phi) is 6.35. The van der Waals surface area contributed by atoms with Gasteiger partial charge in [-0.2, -0.15) is 0 Å². The number of hydrogen-bond donors (Lipinski definition) is 3. The maximum atomic E-state index is 11.8. The number of benzene rings is 1. The van der Waals surface area contributed by atoms with Gasteiger partial charge >= 0.3 is 6.03 Å². The molecule has 0 aliphatic carbocycles. The fraction of sp³-hybridized carbons (Fsp3) is 0.308. The molecule has 0 aliphatic heterocycles. The molecule has 3 N–H and O–H groups in total. The Bertz CT molecular complexity index is 434. The molecule has 0 heterocycles. The van der Waals surface area contributed by atoms with Gasteiger partial charge in [-0.25, -0.2) is 4.79 Å². The largest absolute Gasteiger partial charge is 0.353 e. The summed E-state index contributed by atoms with van der Waals surface area (Å²) in [7, 11) is 3.31. The summed E-state index contributed by atoms with van der Waals surface area (Å²) in [5, 5.41) is 7.57. The zero-order valence-corrected chi connectivity index (χ0v) is 12.3. The maximum Gasteiger partial charge on any atom is 0.319 e. The van der Waals surface area contributed by atoms with E-state index in [0.29, 0.717) is 12.1 Å². The molecule has 0 aromatic heterocycles. The molecule has 6 heteroatoms. The average molecular weight is 327 g/mol. The van der Waals surface area contributed by atoms with Crippen LogP contribution in [0.15, 0.2) is 28.7 Å². The Labute approximate surface area is 121 Å². The summed E-state index contributed by atoms with van der Waals surface area (Å²) in [6, 6.07) is 6.19. The number of carbonyl (C=O) groups is 2. The summed E-state index contributed by atoms with van der Waals surface area (Å²) in [6.45, 7) is 1.94. The van der Waals surface area contributed by atoms with E-state index in [1.54, 1.807) is 12.1 Å². The van der Waals surface area contributed by atoms with Gasteiger partial charge in [0.1, 0.15) is 6.04 Å². The SMILES string of the molecule is [CH2]NC(=O)C(CCC)NC(=O)Nc1ccc(Br)cc1. The van der Waals surface area contributed by atoms with Gasteiger partial charge in [0.2, 0.25) is 5.91 Å². The average Bonchev–Trinajstić information content (AvgIpc) is 2.40. The van der Waals surface area contributed by atoms with Crippen molar-refractivity contribution in [2.24, 2.45) is 0 Å². The smallest absolute Gasteiger partial charge is 0.319 e. The van der Waals surface area contributed by atoms with E-state index in [2.05, 4.69) is 38.9 Å². The summed E-state index contributed by atoms with van der Waals surface area (Å²) >= 11 is 3.31. The van der Waals surface area contributed by atoms with Crippen molar-refractivity contribution in [1.82, 2.24) is 10.6 Å². The van der Waals surface area contributed by atoms with Gasteiger partial charge in [-0.1, -0.05) is 29.3 Å². The molecular weight excluding hydrogens is 310 g/mol. The van der Waals surface area contributed by atoms with Gasteiger partial charge in [0.25, 0.3) is 0 Å². The van der Waals surface area contributed by atoms with Crippen molar-refractivity contribution in [2.75, 3.05) is 5.32 Å². The van der Waals surface area contributed by atoms with Gasteiger partial charge in [-0.15, -0.1) is 0 Å². The summed E-state index contributed by atoms with van der Waals surface area (Å²) in [5.74, 6) is -0.298. The Balaban J connectivity index is 2.57. The number of rotatable bonds is 5. The molecule has 1 aromatic carbocycles. The summed E-state index contributed by atoms with van der Waals surface area (Å²) in [6.07, 6.45) is 1.35. The number of nitrogens with one attached hydrogen (secondary N) is 3. The third kappa shape index (κ3) is 5.30. The molecule has 0 saturated carbocycles. The summed E-state index contributed by atoms with van der Waals surface area (Å²) < 4.78 is 0.929. The Morgan fingerprint density at radius 3 is 2.47 bits per heavy atom. The highest BCUT2D eigenvalue weighted by atomic mass is 79.9. The van der Waals surface area contributed by atoms with Crippen LogP contribution in [0.4, 0.5) is 10.5 Å². The van der Waals surface area contributed by atoms with Gasteiger partial charge in [-0.3, -0.25) is 4.79 Å². The van der Waals surface area contributed by atoms with Gasteiger partial charge in [0, 0.05) is 17.2 Å². The Hall–Kier alpha value is -1.56. The molecule has 1 unspecified atom stereocenters. The van der Waals surface area contributed by atoms with Crippen molar-refractivity contribution in [3.8, 4) is 0 Å². The lowest BCUT2D eigenvalue weighted by Crippen LogP contribution is -2.46. The molecule has 3 amide bonds. The van der Waals surface area contributed by atoms with Gasteiger partial charge in [0.15, 0.2) is 0 Å². The normalized spacial score (nSPS) is 11.5. The van der Waals surface area contributed by atoms with Crippen LogP contribution in [-0.4, -0.2) is 18.0 Å². The number of urea groups is 1. The minimum atomic E-state index is -0.571. The first-order valence-electron chi connectivity index (χ1n) is 5.96. The van der Waals surface area contributed by atoms with E-state index in [0.717, 1.165) is 10.9 Å². The van der Waals surface area contributed by atoms with E-state index in [4.69, 9.17) is 0 Å². The molecule has 19 heavy (non-hydrogen) atoms. The van der Waals surface area contributed by atoms with E-state index in [9.17, 15) is 9.59 Å². The molecule has 1 aromatic rings. The molecule has 0 saturated heterocycles. The first-order chi connectivity index (χ1) is 9.06. The van der Waals surface area contributed by atoms with Crippen molar-refractivity contribution in [3.05, 3.63) is 35.8 Å². The number of anilines is 1. The fourth-order valence-corrected chi connectivity index (χ4v) is 1.80. The second kappa shape index (κ2) is 7.78. The van der Waals surface area contributed by atoms with Crippen LogP contribution in [0.5, 0.6) is 0 Å². The van der Waals surface area contributed by atoms with Crippen molar-refractivity contribution in [2.45, 2.75) is 25.8 Å². The molecule has 1 radical (unpaired) electrons. The predicted molar refractivity (Wildman–Crippen MR) is 78.5 cm³/mol. The lowest BCUT2D eigenvalue weighted by Gasteiger charge is -2.16. The number of halogens is 1. The highest BCUT2D eigenvalue weighted by Gasteiger charge is 2.18. The molecule has 5 nitrogen and oxygen atoms in total. The second-order valence-electron chi connectivity index (χ2n) is 3.99. The first kappa shape index (κ1) is 15.5. The Morgan fingerprint density at radius 1 is 1.32 bits per heavy atom. The lowest BCUT2D eigenvalue weighted by molar-refractivity contribution is -0.122. The Morgan fingerprint density at radius 2 is 1.95 bits per heavy atom. The van der Waals surface area contributed by atoms with E-state index in [1.807, 2.05) is 19.1 Å².